The highest BCUT2D eigenvalue weighted by atomic mass is 16.5. The second-order valence-electron chi connectivity index (χ2n) is 1.56. The van der Waals surface area contributed by atoms with Crippen molar-refractivity contribution in [2.24, 2.45) is 5.73 Å². The molecule has 0 spiro atoms. The van der Waals surface area contributed by atoms with Gasteiger partial charge in [0.05, 0.1) is 6.10 Å². The van der Waals surface area contributed by atoms with Gasteiger partial charge >= 0.3 is 0 Å². The zero-order chi connectivity index (χ0) is 6.41. The molecule has 2 N–H and O–H groups in total. The maximum Gasteiger partial charge on any atom is 0.107 e. The van der Waals surface area contributed by atoms with Gasteiger partial charge in [0.1, 0.15) is 6.61 Å². The third-order valence-electron chi connectivity index (χ3n) is 0.783. The third-order valence-corrected chi connectivity index (χ3v) is 0.783. The first-order chi connectivity index (χ1) is 3.81. The summed E-state index contributed by atoms with van der Waals surface area (Å²) in [5.41, 5.74) is 5.22. The van der Waals surface area contributed by atoms with Crippen molar-refractivity contribution in [3.8, 4) is 12.3 Å². The molecule has 0 aliphatic carbocycles. The van der Waals surface area contributed by atoms with E-state index in [1.165, 1.54) is 0 Å². The van der Waals surface area contributed by atoms with E-state index in [1.807, 2.05) is 6.92 Å². The maximum absolute atomic E-state index is 5.22. The summed E-state index contributed by atoms with van der Waals surface area (Å²) >= 11 is 0. The first-order valence-corrected chi connectivity index (χ1v) is 2.56. The topological polar surface area (TPSA) is 35.2 Å². The van der Waals surface area contributed by atoms with Gasteiger partial charge in [0.2, 0.25) is 0 Å². The zero-order valence-corrected chi connectivity index (χ0v) is 5.05. The van der Waals surface area contributed by atoms with Crippen molar-refractivity contribution in [1.82, 2.24) is 0 Å². The highest BCUT2D eigenvalue weighted by Gasteiger charge is 1.93. The first-order valence-electron chi connectivity index (χ1n) is 2.56. The molecule has 0 aromatic heterocycles. The Bertz CT molecular complexity index is 85.0. The van der Waals surface area contributed by atoms with Gasteiger partial charge in [-0.05, 0) is 6.92 Å². The van der Waals surface area contributed by atoms with E-state index < -0.39 is 0 Å². The van der Waals surface area contributed by atoms with Gasteiger partial charge in [0, 0.05) is 6.54 Å². The summed E-state index contributed by atoms with van der Waals surface area (Å²) in [6.45, 7) is 2.78. The molecule has 2 nitrogen and oxygen atoms in total. The third kappa shape index (κ3) is 3.66. The molecule has 0 rings (SSSR count). The Morgan fingerprint density at radius 1 is 1.88 bits per heavy atom. The van der Waals surface area contributed by atoms with Crippen molar-refractivity contribution >= 4 is 0 Å². The molecule has 0 heterocycles. The van der Waals surface area contributed by atoms with Crippen molar-refractivity contribution in [2.75, 3.05) is 13.2 Å². The van der Waals surface area contributed by atoms with Gasteiger partial charge in [0.15, 0.2) is 0 Å². The fourth-order valence-electron chi connectivity index (χ4n) is 0.258. The largest absolute Gasteiger partial charge is 0.365 e. The molecular formula is C6H11NO. The average molecular weight is 113 g/mol. The standard InChI is InChI=1S/C6H11NO/c1-3-4-8-6(2)5-7/h1,6H,4-5,7H2,2H3. The Balaban J connectivity index is 3.01. The fraction of sp³-hybridized carbons (Fsp3) is 0.667. The van der Waals surface area contributed by atoms with Crippen LogP contribution < -0.4 is 5.73 Å². The summed E-state index contributed by atoms with van der Waals surface area (Å²) in [6, 6.07) is 0. The van der Waals surface area contributed by atoms with Crippen LogP contribution in [0.2, 0.25) is 0 Å². The normalized spacial score (nSPS) is 12.6. The molecule has 0 bridgehead atoms. The molecule has 46 valence electrons. The van der Waals surface area contributed by atoms with Gasteiger partial charge in [-0.15, -0.1) is 6.42 Å². The Morgan fingerprint density at radius 2 is 2.50 bits per heavy atom. The number of hydrogen-bond acceptors (Lipinski definition) is 2. The smallest absolute Gasteiger partial charge is 0.107 e. The quantitative estimate of drug-likeness (QED) is 0.522. The van der Waals surface area contributed by atoms with Crippen LogP contribution in [0.15, 0.2) is 0 Å². The van der Waals surface area contributed by atoms with Crippen LogP contribution in [0.1, 0.15) is 6.92 Å². The zero-order valence-electron chi connectivity index (χ0n) is 5.05. The predicted octanol–water partition coefficient (Wildman–Crippen LogP) is -0.0166. The minimum Gasteiger partial charge on any atom is -0.365 e. The molecule has 1 unspecified atom stereocenters. The van der Waals surface area contributed by atoms with Crippen LogP contribution in [0.4, 0.5) is 0 Å². The average Bonchev–Trinajstić information content (AvgIpc) is 1.83. The molecular weight excluding hydrogens is 102 g/mol. The van der Waals surface area contributed by atoms with Gasteiger partial charge in [-0.2, -0.15) is 0 Å². The molecule has 0 radical (unpaired) electrons. The Labute approximate surface area is 50.0 Å². The number of terminal acetylenes is 1. The van der Waals surface area contributed by atoms with E-state index in [9.17, 15) is 0 Å². The monoisotopic (exact) mass is 113 g/mol. The van der Waals surface area contributed by atoms with Gasteiger partial charge in [-0.3, -0.25) is 0 Å². The summed E-state index contributed by atoms with van der Waals surface area (Å²) in [4.78, 5) is 0. The van der Waals surface area contributed by atoms with Gasteiger partial charge in [0.25, 0.3) is 0 Å². The molecule has 0 amide bonds. The van der Waals surface area contributed by atoms with E-state index in [0.717, 1.165) is 0 Å². The molecule has 0 aliphatic rings. The lowest BCUT2D eigenvalue weighted by atomic mass is 10.4. The van der Waals surface area contributed by atoms with Crippen LogP contribution in [0.5, 0.6) is 0 Å². The number of rotatable bonds is 3. The van der Waals surface area contributed by atoms with E-state index >= 15 is 0 Å². The van der Waals surface area contributed by atoms with Gasteiger partial charge in [-0.1, -0.05) is 5.92 Å². The number of hydrogen-bond donors (Lipinski definition) is 1. The molecule has 2 heteroatoms. The van der Waals surface area contributed by atoms with E-state index in [1.54, 1.807) is 0 Å². The molecule has 0 aliphatic heterocycles. The lowest BCUT2D eigenvalue weighted by molar-refractivity contribution is 0.0987. The van der Waals surface area contributed by atoms with E-state index in [0.29, 0.717) is 13.2 Å². The summed E-state index contributed by atoms with van der Waals surface area (Å²) in [5, 5.41) is 0. The van der Waals surface area contributed by atoms with Gasteiger partial charge in [-0.25, -0.2) is 0 Å². The molecule has 0 aromatic carbocycles. The van der Waals surface area contributed by atoms with Crippen LogP contribution in [0, 0.1) is 12.3 Å². The van der Waals surface area contributed by atoms with Crippen LogP contribution in [-0.4, -0.2) is 19.3 Å². The van der Waals surface area contributed by atoms with Crippen LogP contribution in [0.25, 0.3) is 0 Å². The minimum absolute atomic E-state index is 0.0889. The second-order valence-corrected chi connectivity index (χ2v) is 1.56. The van der Waals surface area contributed by atoms with Crippen molar-refractivity contribution < 1.29 is 4.74 Å². The molecule has 0 saturated carbocycles. The van der Waals surface area contributed by atoms with Crippen molar-refractivity contribution in [3.05, 3.63) is 0 Å². The Morgan fingerprint density at radius 3 is 2.88 bits per heavy atom. The van der Waals surface area contributed by atoms with E-state index in [4.69, 9.17) is 16.9 Å². The van der Waals surface area contributed by atoms with Crippen LogP contribution >= 0.6 is 0 Å². The minimum atomic E-state index is 0.0889. The lowest BCUT2D eigenvalue weighted by Crippen LogP contribution is -2.19. The molecule has 0 aromatic rings. The van der Waals surface area contributed by atoms with Gasteiger partial charge < -0.3 is 10.5 Å². The van der Waals surface area contributed by atoms with Crippen molar-refractivity contribution in [1.29, 1.82) is 0 Å². The lowest BCUT2D eigenvalue weighted by Gasteiger charge is -2.05. The van der Waals surface area contributed by atoms with E-state index in [-0.39, 0.29) is 6.10 Å². The van der Waals surface area contributed by atoms with Crippen molar-refractivity contribution in [2.45, 2.75) is 13.0 Å². The molecule has 0 fully saturated rings. The highest BCUT2D eigenvalue weighted by molar-refractivity contribution is 4.83. The summed E-state index contributed by atoms with van der Waals surface area (Å²) in [5.74, 6) is 2.36. The first kappa shape index (κ1) is 7.48. The Kier molecular flexibility index (Phi) is 4.33. The second kappa shape index (κ2) is 4.63. The van der Waals surface area contributed by atoms with Crippen molar-refractivity contribution in [3.63, 3.8) is 0 Å². The summed E-state index contributed by atoms with van der Waals surface area (Å²) in [7, 11) is 0. The summed E-state index contributed by atoms with van der Waals surface area (Å²) in [6.07, 6.45) is 5.00. The maximum atomic E-state index is 5.22. The van der Waals surface area contributed by atoms with Crippen LogP contribution in [0.3, 0.4) is 0 Å². The molecule has 0 saturated heterocycles. The predicted molar refractivity (Wildman–Crippen MR) is 33.3 cm³/mol. The molecule has 1 atom stereocenters. The highest BCUT2D eigenvalue weighted by Crippen LogP contribution is 1.83. The van der Waals surface area contributed by atoms with Crippen LogP contribution in [-0.2, 0) is 4.74 Å². The fourth-order valence-corrected chi connectivity index (χ4v) is 0.258. The summed E-state index contributed by atoms with van der Waals surface area (Å²) < 4.78 is 4.98. The molecule has 8 heavy (non-hydrogen) atoms. The SMILES string of the molecule is C#CCOC(C)CN. The number of nitrogens with two attached hydrogens (primary N) is 1. The van der Waals surface area contributed by atoms with E-state index in [2.05, 4.69) is 5.92 Å². The number of ether oxygens (including phenoxy) is 1. The Hall–Kier alpha value is -0.520.